The largest absolute Gasteiger partial charge is 0.617 e. The van der Waals surface area contributed by atoms with Crippen molar-refractivity contribution in [1.82, 2.24) is 110 Å². The number of cyclic esters (lactones) is 3. The van der Waals surface area contributed by atoms with Crippen LogP contribution >= 0.6 is 99.3 Å². The molecule has 9 aliphatic rings. The van der Waals surface area contributed by atoms with Gasteiger partial charge in [-0.05, 0) is 240 Å². The molecule has 0 saturated carbocycles. The maximum Gasteiger partial charge on any atom is 0.496 e. The second-order valence-corrected chi connectivity index (χ2v) is 40.1. The van der Waals surface area contributed by atoms with E-state index >= 15 is 0 Å². The first kappa shape index (κ1) is 112. The van der Waals surface area contributed by atoms with Gasteiger partial charge in [0, 0.05) is 91.0 Å². The molecule has 0 bridgehead atoms. The van der Waals surface area contributed by atoms with E-state index in [4.69, 9.17) is 53.9 Å². The number of hydrogen-bond donors (Lipinski definition) is 6. The number of aliphatic hydroxyl groups excluding tert-OH is 2. The number of tetrazole rings is 2. The molecule has 8 N–H and O–H groups in total. The number of pyridine rings is 2. The molecule has 5 unspecified atom stereocenters. The summed E-state index contributed by atoms with van der Waals surface area (Å²) >= 11 is 24.0. The predicted octanol–water partition coefficient (Wildman–Crippen LogP) is 13.4. The summed E-state index contributed by atoms with van der Waals surface area (Å²) in [5.74, 6) is 3.49. The van der Waals surface area contributed by atoms with Crippen molar-refractivity contribution in [2.75, 3.05) is 77.7 Å². The van der Waals surface area contributed by atoms with Crippen molar-refractivity contribution in [1.29, 1.82) is 0 Å². The minimum absolute atomic E-state index is 0. The van der Waals surface area contributed by atoms with Gasteiger partial charge in [0.15, 0.2) is 0 Å². The van der Waals surface area contributed by atoms with Crippen LogP contribution in [0.5, 0.6) is 0 Å². The van der Waals surface area contributed by atoms with Crippen LogP contribution in [0.15, 0.2) is 188 Å². The number of carbonyl (C=O) groups excluding carboxylic acids is 4. The zero-order chi connectivity index (χ0) is 103. The van der Waals surface area contributed by atoms with E-state index in [2.05, 4.69) is 238 Å². The van der Waals surface area contributed by atoms with Gasteiger partial charge in [0.05, 0.1) is 130 Å². The molecule has 10 atom stereocenters. The SMILES string of the molecule is CC(=O)NC[C@@H]1OC(=O)N2c3ccc(Br)cc3CC12.CCN(CC)CC.CCN(CC)CC.Cl.Cn1nnc(-c2ccc(-c3ccc4c(c3)CC3[C@H](Cn5ccnn5)OC(=O)N43)cn2)n1.Cn1nnc(-c2ccc(B3OC(C)(C)C(C)(C)O3)cn2)n1.NC[C@H](O)C1Cc2cc(Br)ccc2N1.O=C1O[C@@H](Cn2ccnn2)C2Cc3cc(Br)ccc3N12.O[C@@H](Cn1ccnn1)C1Cc2cc(Br)ccc2N1.[3H][N-]/N=C/C(Cl)Cl.[Hs]. The van der Waals surface area contributed by atoms with Crippen molar-refractivity contribution >= 4 is 171 Å². The number of nitrogens with one attached hydrogen (secondary N) is 4. The number of benzene rings is 5. The molecule has 0 aliphatic carbocycles. The van der Waals surface area contributed by atoms with Crippen LogP contribution in [0.2, 0.25) is 1.41 Å². The van der Waals surface area contributed by atoms with Gasteiger partial charge in [0.2, 0.25) is 17.6 Å². The van der Waals surface area contributed by atoms with Crippen molar-refractivity contribution in [2.24, 2.45) is 24.9 Å². The molecule has 4 saturated heterocycles. The van der Waals surface area contributed by atoms with E-state index in [0.29, 0.717) is 55.8 Å². The first-order valence-corrected chi connectivity index (χ1v) is 51.0. The molecular weight excluding hydrogens is 2440 g/mol. The molecule has 0 spiro atoms. The number of anilines is 5. The van der Waals surface area contributed by atoms with Gasteiger partial charge in [0.25, 0.3) is 0 Å². The number of aryl methyl sites for hydroxylation is 2. The van der Waals surface area contributed by atoms with Crippen LogP contribution in [-0.4, -0.2) is 282 Å². The number of amides is 4. The number of aliphatic hydroxyl groups is 2. The summed E-state index contributed by atoms with van der Waals surface area (Å²) in [5, 5.41) is 79.1. The molecule has 12 aromatic rings. The molecule has 4 amide bonds. The van der Waals surface area contributed by atoms with Crippen molar-refractivity contribution in [3.05, 3.63) is 216 Å². The number of hydrogen-bond acceptors (Lipinski definition) is 31. The Kier molecular flexibility index (Phi) is 40.3. The summed E-state index contributed by atoms with van der Waals surface area (Å²) in [7, 11) is 3.02. The van der Waals surface area contributed by atoms with Crippen molar-refractivity contribution in [2.45, 2.75) is 205 Å². The number of carbonyl (C=O) groups is 4. The Hall–Kier alpha value is -12.1. The number of aromatic nitrogens is 19. The van der Waals surface area contributed by atoms with Gasteiger partial charge in [0.1, 0.15) is 34.5 Å². The Labute approximate surface area is 886 Å². The molecule has 16 heterocycles. The van der Waals surface area contributed by atoms with E-state index < -0.39 is 24.2 Å². The van der Waals surface area contributed by atoms with E-state index in [9.17, 15) is 29.4 Å². The van der Waals surface area contributed by atoms with Crippen molar-refractivity contribution in [3.8, 4) is 34.2 Å². The number of halogens is 7. The number of rotatable bonds is 23. The van der Waals surface area contributed by atoms with Gasteiger partial charge in [-0.25, -0.2) is 28.4 Å². The van der Waals surface area contributed by atoms with Gasteiger partial charge >= 0.3 is 25.4 Å². The number of fused-ring (bicyclic) bond motifs is 11. The van der Waals surface area contributed by atoms with Crippen molar-refractivity contribution in [3.63, 3.8) is 0 Å². The molecule has 0 radical (unpaired) electrons. The van der Waals surface area contributed by atoms with Crippen molar-refractivity contribution < 1.29 is 54.3 Å². The third-order valence-electron chi connectivity index (χ3n) is 25.5. The molecule has 9 aliphatic heterocycles. The Morgan fingerprint density at radius 2 is 0.966 bits per heavy atom. The van der Waals surface area contributed by atoms with Crippen LogP contribution in [0.25, 0.3) is 40.0 Å². The predicted molar refractivity (Wildman–Crippen MR) is 567 cm³/mol. The first-order chi connectivity index (χ1) is 69.1. The molecule has 50 heteroatoms. The summed E-state index contributed by atoms with van der Waals surface area (Å²) in [6, 6.07) is 37.8. The van der Waals surface area contributed by atoms with Crippen LogP contribution < -0.4 is 41.8 Å². The Balaban J connectivity index is 0.000000162. The van der Waals surface area contributed by atoms with Crippen LogP contribution in [0.3, 0.4) is 0 Å². The molecular formula is C95H119BBr4Cl3HsN30O11-. The van der Waals surface area contributed by atoms with Gasteiger partial charge in [-0.3, -0.25) is 29.5 Å². The number of ether oxygens (including phenoxy) is 3. The van der Waals surface area contributed by atoms with E-state index in [1.54, 1.807) is 92.4 Å². The molecule has 5 aromatic carbocycles. The standard InChI is InChI=1S/C20H17N9O2.C13H18BN5O2.C13H11BrN4O2.C13H13BrN2O3.C12H13BrN4O.C10H13BrN2O.2C6H15N.C2H3Cl2N2.ClH.Hs/c1-27-24-19(23-26-27)15-4-2-13(10-21-15)12-3-5-16-14(8-12)9-17-18(31-20(30)29(16)17)11-28-7-6-22-25-28;1-12(2)13(3,4)21-14(20-12)9-6-7-10(15-8-9)11-16-18-19(5)17-11;14-9-1-2-10-8(5-9)6-11-12(20-13(19)18(10)11)7-17-4-3-15-16-17;1-7(17)15-6-12-11-5-8-4-9(14)2-3-10(8)16(11)13(18)19-12;13-9-1-2-10-8(5-9)6-11(15-10)12(18)7-17-4-3-14-16-17;11-7-1-2-8-6(3-7)4-9(13-8)10(14)5-12;2*1-4-7(5-2)6-3;3-2(4)1-6-5;;/h2-8,10,17-18H,9,11H2,1H3;6-8H,1-5H3;1-5,11-12H,6-7H2;2-4,11-12H,5-6H2,1H3,(H,15,17);1-5,11-12,15,18H,6-7H2;1-3,9-10,13-14H,4-5,12H2;2*4-6H2,1-3H3;1-2,5H;1H;/q;;;;;;;;-1;;/b;;;;;;;;6-1+;;/t17?,18-;;3*11?,12-;9?,10-;;;;;/m0.0000...../s1/i/hT. The fourth-order valence-corrected chi connectivity index (χ4v) is 19.0. The second kappa shape index (κ2) is 52.3. The molecule has 7 aromatic heterocycles. The first-order valence-electron chi connectivity index (χ1n) is 47.4. The van der Waals surface area contributed by atoms with Crippen LogP contribution in [0, 0.1) is 0 Å². The fraction of sp³-hybridized carbons (Fsp3) is 0.442. The minimum atomic E-state index is -0.658. The van der Waals surface area contributed by atoms with E-state index in [1.165, 1.54) is 72.5 Å². The van der Waals surface area contributed by atoms with Gasteiger partial charge in [-0.2, -0.15) is 9.59 Å². The molecule has 770 valence electrons. The Morgan fingerprint density at radius 1 is 0.566 bits per heavy atom. The molecule has 41 nitrogen and oxygen atoms in total. The normalized spacial score (nSPS) is 19.4. The average molecular weight is 2560 g/mol. The maximum absolute atomic E-state index is 12.5. The summed E-state index contributed by atoms with van der Waals surface area (Å²) < 4.78 is 43.7. The summed E-state index contributed by atoms with van der Waals surface area (Å²) in [6.45, 7) is 31.9. The number of nitrogens with zero attached hydrogens (tertiary/aromatic N) is 25. The smallest absolute Gasteiger partial charge is 0.496 e. The topological polar surface area (TPSA) is 474 Å². The van der Waals surface area contributed by atoms with Crippen LogP contribution in [0.4, 0.5) is 42.8 Å². The van der Waals surface area contributed by atoms with E-state index in [0.717, 1.165) is 112 Å². The molecule has 4 fully saturated rings. The third kappa shape index (κ3) is 29.0. The number of nitrogens with two attached hydrogens (primary N) is 1. The fourth-order valence-electron chi connectivity index (χ4n) is 17.2. The molecule has 145 heavy (non-hydrogen) atoms. The summed E-state index contributed by atoms with van der Waals surface area (Å²) in [5.41, 5.74) is 19.7. The third-order valence-corrected chi connectivity index (χ3v) is 27.7. The average Bonchev–Trinajstić information content (AvgIpc) is 1.61. The Morgan fingerprint density at radius 3 is 1.34 bits per heavy atom. The summed E-state index contributed by atoms with van der Waals surface area (Å²) in [6.07, 6.45) is 16.1. The van der Waals surface area contributed by atoms with Gasteiger partial charge < -0.3 is 76.2 Å². The minimum Gasteiger partial charge on any atom is -0.617 e. The number of alkyl halides is 2. The van der Waals surface area contributed by atoms with E-state index in [-0.39, 0.29) is 96.3 Å². The van der Waals surface area contributed by atoms with Gasteiger partial charge in [-0.15, -0.1) is 49.5 Å². The van der Waals surface area contributed by atoms with Crippen LogP contribution in [0.1, 0.15) is 104 Å². The zero-order valence-electron chi connectivity index (χ0n) is 83.6. The maximum atomic E-state index is 12.5. The zero-order valence-corrected chi connectivity index (χ0v) is 97.8. The molecule has 21 rings (SSSR count). The van der Waals surface area contributed by atoms with Crippen LogP contribution in [-0.2, 0) is 94.1 Å². The van der Waals surface area contributed by atoms with Gasteiger partial charge in [-0.1, -0.05) is 162 Å². The monoisotopic (exact) mass is 2560 g/mol. The summed E-state index contributed by atoms with van der Waals surface area (Å²) in [4.78, 5) is 68.4. The second-order valence-electron chi connectivity index (χ2n) is 35.3. The van der Waals surface area contributed by atoms with E-state index in [1.807, 2.05) is 119 Å². The Bertz CT molecular complexity index is 6220. The quantitative estimate of drug-likeness (QED) is 0.0114.